The Labute approximate surface area is 84.8 Å². The van der Waals surface area contributed by atoms with Crippen LogP contribution in [0.1, 0.15) is 6.92 Å². The monoisotopic (exact) mass is 220 g/mol. The van der Waals surface area contributed by atoms with Crippen LogP contribution in [0.15, 0.2) is 23.0 Å². The number of carbonyl (C=O) groups is 1. The maximum atomic E-state index is 12.4. The lowest BCUT2D eigenvalue weighted by molar-refractivity contribution is -0.131. The Kier molecular flexibility index (Phi) is 2.79. The number of nitrogens with two attached hydrogens (primary N) is 1. The number of nitrogens with one attached hydrogen (secondary N) is 1. The molecule has 1 aliphatic carbocycles. The minimum atomic E-state index is -4.64. The molecule has 0 saturated carbocycles. The second-order valence-electron chi connectivity index (χ2n) is 3.26. The topological polar surface area (TPSA) is 55.1 Å². The molecule has 6 heteroatoms. The number of hydrogen-bond acceptors (Lipinski definition) is 3. The number of alkyl halides is 3. The average Bonchev–Trinajstić information content (AvgIpc) is 2.10. The van der Waals surface area contributed by atoms with Crippen molar-refractivity contribution in [2.45, 2.75) is 13.1 Å². The number of rotatable bonds is 1. The lowest BCUT2D eigenvalue weighted by Crippen LogP contribution is -2.34. The molecule has 0 aromatic rings. The first-order valence-electron chi connectivity index (χ1n) is 4.29. The van der Waals surface area contributed by atoms with Crippen molar-refractivity contribution in [1.29, 1.82) is 0 Å². The van der Waals surface area contributed by atoms with Crippen LogP contribution in [0, 0.1) is 5.92 Å². The summed E-state index contributed by atoms with van der Waals surface area (Å²) in [7, 11) is 1.51. The number of Topliss-reactive ketones (excluding diaryl/α,β-unsaturated/α-hetero) is 1. The van der Waals surface area contributed by atoms with Gasteiger partial charge in [-0.1, -0.05) is 0 Å². The number of carbonyl (C=O) groups excluding carboxylic acids is 1. The Hall–Kier alpha value is -1.46. The van der Waals surface area contributed by atoms with E-state index in [4.69, 9.17) is 5.73 Å². The Bertz CT molecular complexity index is 355. The van der Waals surface area contributed by atoms with Crippen LogP contribution in [0.5, 0.6) is 0 Å². The molecule has 3 nitrogen and oxygen atoms in total. The van der Waals surface area contributed by atoms with Gasteiger partial charge in [-0.2, -0.15) is 13.2 Å². The molecule has 3 N–H and O–H groups in total. The maximum absolute atomic E-state index is 12.4. The van der Waals surface area contributed by atoms with Gasteiger partial charge in [-0.3, -0.25) is 4.79 Å². The van der Waals surface area contributed by atoms with Crippen LogP contribution in [0.25, 0.3) is 0 Å². The molecule has 0 saturated heterocycles. The highest BCUT2D eigenvalue weighted by molar-refractivity contribution is 6.01. The molecule has 0 radical (unpaired) electrons. The normalized spacial score (nSPS) is 22.9. The molecule has 1 rings (SSSR count). The third-order valence-electron chi connectivity index (χ3n) is 2.28. The second kappa shape index (κ2) is 3.60. The summed E-state index contributed by atoms with van der Waals surface area (Å²) in [4.78, 5) is 11.4. The van der Waals surface area contributed by atoms with Crippen molar-refractivity contribution in [1.82, 2.24) is 5.32 Å². The fraction of sp³-hybridized carbons (Fsp3) is 0.444. The molecule has 15 heavy (non-hydrogen) atoms. The smallest absolute Gasteiger partial charge is 0.397 e. The summed E-state index contributed by atoms with van der Waals surface area (Å²) in [6.45, 7) is 1.39. The summed E-state index contributed by atoms with van der Waals surface area (Å²) in [5, 5.41) is 2.63. The van der Waals surface area contributed by atoms with E-state index in [2.05, 4.69) is 5.32 Å². The molecule has 1 atom stereocenters. The van der Waals surface area contributed by atoms with Crippen molar-refractivity contribution in [3.63, 3.8) is 0 Å². The van der Waals surface area contributed by atoms with E-state index < -0.39 is 23.5 Å². The van der Waals surface area contributed by atoms with Gasteiger partial charge in [-0.25, -0.2) is 0 Å². The van der Waals surface area contributed by atoms with Crippen LogP contribution in [0.3, 0.4) is 0 Å². The van der Waals surface area contributed by atoms with Gasteiger partial charge < -0.3 is 11.1 Å². The second-order valence-corrected chi connectivity index (χ2v) is 3.26. The lowest BCUT2D eigenvalue weighted by atomic mass is 9.89. The van der Waals surface area contributed by atoms with Gasteiger partial charge in [0.05, 0.1) is 11.6 Å². The molecule has 1 aliphatic rings. The van der Waals surface area contributed by atoms with E-state index in [-0.39, 0.29) is 5.70 Å². The van der Waals surface area contributed by atoms with E-state index in [1.54, 1.807) is 0 Å². The van der Waals surface area contributed by atoms with Crippen molar-refractivity contribution >= 4 is 5.78 Å². The summed E-state index contributed by atoms with van der Waals surface area (Å²) in [6.07, 6.45) is -3.97. The first kappa shape index (κ1) is 11.6. The summed E-state index contributed by atoms with van der Waals surface area (Å²) in [6, 6.07) is 0. The van der Waals surface area contributed by atoms with E-state index in [1.165, 1.54) is 14.0 Å². The maximum Gasteiger partial charge on any atom is 0.419 e. The highest BCUT2D eigenvalue weighted by Crippen LogP contribution is 2.33. The highest BCUT2D eigenvalue weighted by Gasteiger charge is 2.43. The van der Waals surface area contributed by atoms with Gasteiger partial charge in [-0.05, 0) is 13.0 Å². The largest absolute Gasteiger partial charge is 0.419 e. The van der Waals surface area contributed by atoms with Gasteiger partial charge in [0.25, 0.3) is 0 Å². The summed E-state index contributed by atoms with van der Waals surface area (Å²) < 4.78 is 37.1. The van der Waals surface area contributed by atoms with Crippen molar-refractivity contribution in [2.75, 3.05) is 7.05 Å². The molecule has 1 unspecified atom stereocenters. The van der Waals surface area contributed by atoms with Crippen LogP contribution in [0.4, 0.5) is 13.2 Å². The Morgan fingerprint density at radius 1 is 1.47 bits per heavy atom. The molecule has 0 bridgehead atoms. The van der Waals surface area contributed by atoms with Gasteiger partial charge in [0.2, 0.25) is 0 Å². The van der Waals surface area contributed by atoms with Crippen LogP contribution in [-0.2, 0) is 4.79 Å². The fourth-order valence-corrected chi connectivity index (χ4v) is 1.50. The van der Waals surface area contributed by atoms with Crippen molar-refractivity contribution < 1.29 is 18.0 Å². The molecule has 0 amide bonds. The first-order chi connectivity index (χ1) is 6.79. The highest BCUT2D eigenvalue weighted by atomic mass is 19.4. The van der Waals surface area contributed by atoms with Crippen LogP contribution in [-0.4, -0.2) is 19.0 Å². The molecule has 0 spiro atoms. The van der Waals surface area contributed by atoms with E-state index in [9.17, 15) is 18.0 Å². The number of allylic oxidation sites excluding steroid dienone is 3. The van der Waals surface area contributed by atoms with Gasteiger partial charge in [-0.15, -0.1) is 0 Å². The summed E-state index contributed by atoms with van der Waals surface area (Å²) in [5.74, 6) is -1.84. The molecule has 0 heterocycles. The van der Waals surface area contributed by atoms with Crippen LogP contribution < -0.4 is 11.1 Å². The zero-order valence-corrected chi connectivity index (χ0v) is 8.27. The number of ketones is 1. The van der Waals surface area contributed by atoms with Crippen molar-refractivity contribution in [3.05, 3.63) is 23.0 Å². The van der Waals surface area contributed by atoms with Crippen LogP contribution in [0.2, 0.25) is 0 Å². The quantitative estimate of drug-likeness (QED) is 0.695. The van der Waals surface area contributed by atoms with E-state index in [0.29, 0.717) is 11.8 Å². The Balaban J connectivity index is 3.24. The Morgan fingerprint density at radius 3 is 2.40 bits per heavy atom. The lowest BCUT2D eigenvalue weighted by Gasteiger charge is -2.23. The third kappa shape index (κ3) is 1.98. The predicted octanol–water partition coefficient (Wildman–Crippen LogP) is 1.08. The fourth-order valence-electron chi connectivity index (χ4n) is 1.50. The van der Waals surface area contributed by atoms with Gasteiger partial charge in [0, 0.05) is 12.7 Å². The molecule has 84 valence electrons. The molecule has 0 aromatic heterocycles. The van der Waals surface area contributed by atoms with Gasteiger partial charge >= 0.3 is 6.18 Å². The molecule has 0 fully saturated rings. The van der Waals surface area contributed by atoms with E-state index in [0.717, 1.165) is 0 Å². The van der Waals surface area contributed by atoms with Crippen molar-refractivity contribution in [3.8, 4) is 0 Å². The summed E-state index contributed by atoms with van der Waals surface area (Å²) >= 11 is 0. The van der Waals surface area contributed by atoms with Crippen molar-refractivity contribution in [2.24, 2.45) is 11.7 Å². The van der Waals surface area contributed by atoms with Crippen LogP contribution >= 0.6 is 0 Å². The third-order valence-corrected chi connectivity index (χ3v) is 2.28. The zero-order valence-electron chi connectivity index (χ0n) is 8.27. The number of halogens is 3. The summed E-state index contributed by atoms with van der Waals surface area (Å²) in [5.41, 5.74) is 4.51. The molecule has 0 aliphatic heterocycles. The average molecular weight is 220 g/mol. The molecular weight excluding hydrogens is 209 g/mol. The molecule has 0 aromatic carbocycles. The Morgan fingerprint density at radius 2 is 2.00 bits per heavy atom. The standard InChI is InChI=1S/C9H11F3N2O/c1-4-7(14-2)6(13)3-5(8(4)15)9(10,11)12/h3-4,14H,13H2,1-2H3. The predicted molar refractivity (Wildman–Crippen MR) is 48.6 cm³/mol. The zero-order chi connectivity index (χ0) is 11.8. The SMILES string of the molecule is CNC1=C(N)C=C(C(F)(F)F)C(=O)C1C. The minimum Gasteiger partial charge on any atom is -0.397 e. The molecular formula is C9H11F3N2O. The number of hydrogen-bond donors (Lipinski definition) is 2. The van der Waals surface area contributed by atoms with Gasteiger partial charge in [0.1, 0.15) is 5.57 Å². The van der Waals surface area contributed by atoms with E-state index >= 15 is 0 Å². The minimum absolute atomic E-state index is 0.0445. The first-order valence-corrected chi connectivity index (χ1v) is 4.29. The van der Waals surface area contributed by atoms with Gasteiger partial charge in [0.15, 0.2) is 5.78 Å². The van der Waals surface area contributed by atoms with E-state index in [1.807, 2.05) is 0 Å².